The van der Waals surface area contributed by atoms with E-state index < -0.39 is 15.8 Å². The summed E-state index contributed by atoms with van der Waals surface area (Å²) in [5.74, 6) is -0.489. The van der Waals surface area contributed by atoms with E-state index in [1.54, 1.807) is 0 Å². The number of fused-ring (bicyclic) bond motifs is 1. The summed E-state index contributed by atoms with van der Waals surface area (Å²) in [7, 11) is -3.60. The van der Waals surface area contributed by atoms with Gasteiger partial charge < -0.3 is 10.5 Å². The molecule has 0 amide bonds. The van der Waals surface area contributed by atoms with E-state index in [4.69, 9.17) is 10.5 Å². The number of ether oxygens (including phenoxy) is 1. The molecule has 1 atom stereocenters. The zero-order valence-corrected chi connectivity index (χ0v) is 11.8. The summed E-state index contributed by atoms with van der Waals surface area (Å²) in [4.78, 5) is 0.0110. The third-order valence-corrected chi connectivity index (χ3v) is 5.67. The van der Waals surface area contributed by atoms with Crippen molar-refractivity contribution in [3.63, 3.8) is 0 Å². The van der Waals surface area contributed by atoms with Crippen LogP contribution >= 0.6 is 0 Å². The van der Waals surface area contributed by atoms with Gasteiger partial charge in [0.1, 0.15) is 6.10 Å². The molecule has 0 radical (unpaired) electrons. The molecule has 1 fully saturated rings. The highest BCUT2D eigenvalue weighted by molar-refractivity contribution is 7.89. The smallest absolute Gasteiger partial charge is 0.243 e. The van der Waals surface area contributed by atoms with Crippen LogP contribution in [0.3, 0.4) is 0 Å². The molecule has 2 aliphatic heterocycles. The summed E-state index contributed by atoms with van der Waals surface area (Å²) >= 11 is 0. The second kappa shape index (κ2) is 4.98. The van der Waals surface area contributed by atoms with Crippen LogP contribution in [-0.2, 0) is 16.4 Å². The summed E-state index contributed by atoms with van der Waals surface area (Å²) < 4.78 is 45.7. The molecule has 0 bridgehead atoms. The van der Waals surface area contributed by atoms with Gasteiger partial charge in [0.2, 0.25) is 10.0 Å². The lowest BCUT2D eigenvalue weighted by Gasteiger charge is -2.16. The maximum absolute atomic E-state index is 14.0. The molecule has 2 heterocycles. The van der Waals surface area contributed by atoms with Crippen LogP contribution in [0.25, 0.3) is 0 Å². The van der Waals surface area contributed by atoms with Gasteiger partial charge in [-0.2, -0.15) is 4.31 Å². The molecule has 0 saturated carbocycles. The molecular weight excluding hydrogens is 283 g/mol. The molecule has 5 nitrogen and oxygen atoms in total. The van der Waals surface area contributed by atoms with Crippen molar-refractivity contribution in [1.82, 2.24) is 4.31 Å². The van der Waals surface area contributed by atoms with Crippen molar-refractivity contribution in [2.24, 2.45) is 5.73 Å². The molecule has 110 valence electrons. The van der Waals surface area contributed by atoms with E-state index in [0.29, 0.717) is 25.1 Å². The van der Waals surface area contributed by atoms with Gasteiger partial charge in [-0.3, -0.25) is 0 Å². The predicted molar refractivity (Wildman–Crippen MR) is 71.6 cm³/mol. The average molecular weight is 300 g/mol. The molecule has 1 aromatic rings. The molecule has 7 heteroatoms. The van der Waals surface area contributed by atoms with E-state index >= 15 is 0 Å². The number of sulfonamides is 1. The zero-order valence-electron chi connectivity index (χ0n) is 11.0. The Hall–Kier alpha value is -1.18. The normalized spacial score (nSPS) is 22.8. The Morgan fingerprint density at radius 2 is 2.05 bits per heavy atom. The minimum Gasteiger partial charge on any atom is -0.485 e. The first-order chi connectivity index (χ1) is 9.52. The number of hydrogen-bond acceptors (Lipinski definition) is 4. The SMILES string of the molecule is NCC1Cc2cc(S(=O)(=O)N3CCCC3)cc(F)c2O1. The van der Waals surface area contributed by atoms with Crippen LogP contribution in [-0.4, -0.2) is 38.5 Å². The van der Waals surface area contributed by atoms with Crippen LogP contribution in [0.2, 0.25) is 0 Å². The Labute approximate surface area is 117 Å². The molecule has 1 unspecified atom stereocenters. The van der Waals surface area contributed by atoms with Crippen molar-refractivity contribution >= 4 is 10.0 Å². The first-order valence-electron chi connectivity index (χ1n) is 6.71. The Kier molecular flexibility index (Phi) is 3.43. The van der Waals surface area contributed by atoms with Gasteiger partial charge in [0.25, 0.3) is 0 Å². The highest BCUT2D eigenvalue weighted by Gasteiger charge is 2.32. The van der Waals surface area contributed by atoms with Gasteiger partial charge in [-0.25, -0.2) is 12.8 Å². The molecule has 2 N–H and O–H groups in total. The molecule has 1 saturated heterocycles. The largest absolute Gasteiger partial charge is 0.485 e. The maximum atomic E-state index is 14.0. The van der Waals surface area contributed by atoms with Crippen molar-refractivity contribution in [3.8, 4) is 5.75 Å². The fraction of sp³-hybridized carbons (Fsp3) is 0.538. The predicted octanol–water partition coefficient (Wildman–Crippen LogP) is 0.872. The third-order valence-electron chi connectivity index (χ3n) is 3.79. The fourth-order valence-electron chi connectivity index (χ4n) is 2.72. The van der Waals surface area contributed by atoms with E-state index in [1.807, 2.05) is 0 Å². The lowest BCUT2D eigenvalue weighted by atomic mass is 10.1. The molecule has 0 aliphatic carbocycles. The minimum atomic E-state index is -3.60. The summed E-state index contributed by atoms with van der Waals surface area (Å²) in [5.41, 5.74) is 6.09. The number of benzene rings is 1. The van der Waals surface area contributed by atoms with Crippen LogP contribution in [0.5, 0.6) is 5.75 Å². The molecule has 3 rings (SSSR count). The lowest BCUT2D eigenvalue weighted by Crippen LogP contribution is -2.28. The van der Waals surface area contributed by atoms with Crippen LogP contribution in [0.1, 0.15) is 18.4 Å². The summed E-state index contributed by atoms with van der Waals surface area (Å²) in [6.45, 7) is 1.29. The molecule has 2 aliphatic rings. The average Bonchev–Trinajstić information content (AvgIpc) is 3.07. The Morgan fingerprint density at radius 3 is 2.70 bits per heavy atom. The van der Waals surface area contributed by atoms with E-state index in [-0.39, 0.29) is 23.3 Å². The maximum Gasteiger partial charge on any atom is 0.243 e. The molecule has 20 heavy (non-hydrogen) atoms. The van der Waals surface area contributed by atoms with Gasteiger partial charge in [0.05, 0.1) is 4.90 Å². The standard InChI is InChI=1S/C13H17FN2O3S/c14-12-7-11(20(17,18)16-3-1-2-4-16)6-9-5-10(8-15)19-13(9)12/h6-7,10H,1-5,8,15H2. The monoisotopic (exact) mass is 300 g/mol. The fourth-order valence-corrected chi connectivity index (χ4v) is 4.30. The van der Waals surface area contributed by atoms with Gasteiger partial charge in [-0.15, -0.1) is 0 Å². The van der Waals surface area contributed by atoms with Crippen molar-refractivity contribution in [1.29, 1.82) is 0 Å². The quantitative estimate of drug-likeness (QED) is 0.899. The highest BCUT2D eigenvalue weighted by atomic mass is 32.2. The van der Waals surface area contributed by atoms with E-state index in [0.717, 1.165) is 18.9 Å². The zero-order chi connectivity index (χ0) is 14.3. The van der Waals surface area contributed by atoms with Crippen molar-refractivity contribution in [2.75, 3.05) is 19.6 Å². The number of rotatable bonds is 3. The van der Waals surface area contributed by atoms with Crippen LogP contribution < -0.4 is 10.5 Å². The second-order valence-corrected chi connectivity index (χ2v) is 7.12. The Bertz CT molecular complexity index is 627. The van der Waals surface area contributed by atoms with E-state index in [9.17, 15) is 12.8 Å². The van der Waals surface area contributed by atoms with Gasteiger partial charge in [0, 0.05) is 31.6 Å². The molecule has 0 aromatic heterocycles. The summed E-state index contributed by atoms with van der Waals surface area (Å²) in [6.07, 6.45) is 1.88. The van der Waals surface area contributed by atoms with Crippen LogP contribution in [0, 0.1) is 5.82 Å². The van der Waals surface area contributed by atoms with Crippen molar-refractivity contribution in [3.05, 3.63) is 23.5 Å². The number of hydrogen-bond donors (Lipinski definition) is 1. The van der Waals surface area contributed by atoms with Gasteiger partial charge >= 0.3 is 0 Å². The van der Waals surface area contributed by atoms with Gasteiger partial charge in [-0.1, -0.05) is 0 Å². The first-order valence-corrected chi connectivity index (χ1v) is 8.15. The van der Waals surface area contributed by atoms with E-state index in [2.05, 4.69) is 0 Å². The van der Waals surface area contributed by atoms with Crippen LogP contribution in [0.4, 0.5) is 4.39 Å². The number of nitrogens with zero attached hydrogens (tertiary/aromatic N) is 1. The van der Waals surface area contributed by atoms with Crippen LogP contribution in [0.15, 0.2) is 17.0 Å². The minimum absolute atomic E-state index is 0.0110. The Morgan fingerprint density at radius 1 is 1.35 bits per heavy atom. The first kappa shape index (κ1) is 13.8. The van der Waals surface area contributed by atoms with E-state index in [1.165, 1.54) is 10.4 Å². The number of halogens is 1. The van der Waals surface area contributed by atoms with Gasteiger partial charge in [0.15, 0.2) is 11.6 Å². The summed E-state index contributed by atoms with van der Waals surface area (Å²) in [5, 5.41) is 0. The molecular formula is C13H17FN2O3S. The van der Waals surface area contributed by atoms with Crippen molar-refractivity contribution < 1.29 is 17.5 Å². The topological polar surface area (TPSA) is 72.6 Å². The van der Waals surface area contributed by atoms with Crippen molar-refractivity contribution in [2.45, 2.75) is 30.3 Å². The highest BCUT2D eigenvalue weighted by Crippen LogP contribution is 2.35. The number of nitrogens with two attached hydrogens (primary N) is 1. The lowest BCUT2D eigenvalue weighted by molar-refractivity contribution is 0.232. The van der Waals surface area contributed by atoms with Gasteiger partial charge in [-0.05, 0) is 25.0 Å². The Balaban J connectivity index is 1.99. The molecule has 1 aromatic carbocycles. The second-order valence-electron chi connectivity index (χ2n) is 5.18. The third kappa shape index (κ3) is 2.19. The molecule has 0 spiro atoms. The summed E-state index contributed by atoms with van der Waals surface area (Å²) in [6, 6.07) is 2.56.